The standard InChI is InChI=1S/C19H24N2O3/c1-2-24-19-9-8-16(12-17(19)20)18(23)14-21(10-11-22)13-15-6-4-3-5-7-15/h3-9,12,22H,2,10-11,13-14,20H2,1H3. The second-order valence-electron chi connectivity index (χ2n) is 5.53. The average Bonchev–Trinajstić information content (AvgIpc) is 2.58. The van der Waals surface area contributed by atoms with Gasteiger partial charge in [-0.3, -0.25) is 9.69 Å². The van der Waals surface area contributed by atoms with Gasteiger partial charge in [-0.1, -0.05) is 30.3 Å². The Morgan fingerprint density at radius 3 is 2.58 bits per heavy atom. The second-order valence-corrected chi connectivity index (χ2v) is 5.53. The highest BCUT2D eigenvalue weighted by molar-refractivity contribution is 5.98. The number of carbonyl (C=O) groups is 1. The Hall–Kier alpha value is -2.37. The molecule has 0 fully saturated rings. The van der Waals surface area contributed by atoms with Gasteiger partial charge in [-0.15, -0.1) is 0 Å². The Morgan fingerprint density at radius 2 is 1.96 bits per heavy atom. The molecule has 0 atom stereocenters. The van der Waals surface area contributed by atoms with E-state index in [0.29, 0.717) is 36.7 Å². The van der Waals surface area contributed by atoms with E-state index in [2.05, 4.69) is 0 Å². The van der Waals surface area contributed by atoms with E-state index in [9.17, 15) is 9.90 Å². The van der Waals surface area contributed by atoms with E-state index in [-0.39, 0.29) is 18.9 Å². The second kappa shape index (κ2) is 9.05. The van der Waals surface area contributed by atoms with Crippen molar-refractivity contribution >= 4 is 11.5 Å². The predicted octanol–water partition coefficient (Wildman–Crippen LogP) is 2.34. The molecule has 0 aliphatic rings. The summed E-state index contributed by atoms with van der Waals surface area (Å²) in [6.45, 7) is 3.69. The zero-order valence-electron chi connectivity index (χ0n) is 13.9. The summed E-state index contributed by atoms with van der Waals surface area (Å²) in [6, 6.07) is 15.0. The van der Waals surface area contributed by atoms with Gasteiger partial charge in [0.25, 0.3) is 0 Å². The monoisotopic (exact) mass is 328 g/mol. The van der Waals surface area contributed by atoms with E-state index in [1.165, 1.54) is 0 Å². The van der Waals surface area contributed by atoms with Crippen molar-refractivity contribution in [1.82, 2.24) is 4.90 Å². The maximum absolute atomic E-state index is 12.5. The highest BCUT2D eigenvalue weighted by atomic mass is 16.5. The topological polar surface area (TPSA) is 75.8 Å². The summed E-state index contributed by atoms with van der Waals surface area (Å²) in [6.07, 6.45) is 0. The van der Waals surface area contributed by atoms with Crippen LogP contribution in [-0.4, -0.2) is 42.1 Å². The Bertz CT molecular complexity index is 659. The number of anilines is 1. The van der Waals surface area contributed by atoms with Gasteiger partial charge in [-0.05, 0) is 30.7 Å². The van der Waals surface area contributed by atoms with Crippen LogP contribution in [0.2, 0.25) is 0 Å². The summed E-state index contributed by atoms with van der Waals surface area (Å²) < 4.78 is 5.39. The molecular weight excluding hydrogens is 304 g/mol. The first kappa shape index (κ1) is 18.0. The molecule has 0 unspecified atom stereocenters. The van der Waals surface area contributed by atoms with Crippen molar-refractivity contribution in [2.45, 2.75) is 13.5 Å². The molecule has 2 aromatic carbocycles. The molecule has 0 aliphatic heterocycles. The van der Waals surface area contributed by atoms with Crippen molar-refractivity contribution in [3.63, 3.8) is 0 Å². The number of Topliss-reactive ketones (excluding diaryl/α,β-unsaturated/α-hetero) is 1. The zero-order chi connectivity index (χ0) is 17.4. The molecule has 0 radical (unpaired) electrons. The van der Waals surface area contributed by atoms with E-state index in [1.807, 2.05) is 42.2 Å². The van der Waals surface area contributed by atoms with Gasteiger partial charge >= 0.3 is 0 Å². The van der Waals surface area contributed by atoms with Crippen molar-refractivity contribution < 1.29 is 14.6 Å². The zero-order valence-corrected chi connectivity index (χ0v) is 13.9. The molecule has 0 spiro atoms. The minimum Gasteiger partial charge on any atom is -0.492 e. The number of nitrogens with zero attached hydrogens (tertiary/aromatic N) is 1. The van der Waals surface area contributed by atoms with Crippen LogP contribution >= 0.6 is 0 Å². The lowest BCUT2D eigenvalue weighted by molar-refractivity contribution is 0.0908. The molecule has 24 heavy (non-hydrogen) atoms. The predicted molar refractivity (Wildman–Crippen MR) is 95.2 cm³/mol. The quantitative estimate of drug-likeness (QED) is 0.546. The van der Waals surface area contributed by atoms with Crippen molar-refractivity contribution in [2.24, 2.45) is 0 Å². The summed E-state index contributed by atoms with van der Waals surface area (Å²) in [5, 5.41) is 9.25. The molecule has 128 valence electrons. The van der Waals surface area contributed by atoms with Gasteiger partial charge in [-0.25, -0.2) is 0 Å². The van der Waals surface area contributed by atoms with Crippen LogP contribution in [0.15, 0.2) is 48.5 Å². The molecule has 0 aliphatic carbocycles. The van der Waals surface area contributed by atoms with E-state index in [1.54, 1.807) is 18.2 Å². The molecule has 2 rings (SSSR count). The molecule has 5 nitrogen and oxygen atoms in total. The number of aliphatic hydroxyl groups excluding tert-OH is 1. The van der Waals surface area contributed by atoms with Crippen molar-refractivity contribution in [3.8, 4) is 5.75 Å². The van der Waals surface area contributed by atoms with Gasteiger partial charge in [0.05, 0.1) is 25.4 Å². The fourth-order valence-electron chi connectivity index (χ4n) is 2.50. The average molecular weight is 328 g/mol. The lowest BCUT2D eigenvalue weighted by atomic mass is 10.1. The molecule has 5 heteroatoms. The van der Waals surface area contributed by atoms with E-state index in [0.717, 1.165) is 5.56 Å². The van der Waals surface area contributed by atoms with Crippen LogP contribution in [0.25, 0.3) is 0 Å². The van der Waals surface area contributed by atoms with Gasteiger partial charge < -0.3 is 15.6 Å². The fraction of sp³-hybridized carbons (Fsp3) is 0.316. The van der Waals surface area contributed by atoms with Crippen LogP contribution in [0, 0.1) is 0 Å². The maximum atomic E-state index is 12.5. The number of carbonyl (C=O) groups excluding carboxylic acids is 1. The van der Waals surface area contributed by atoms with E-state index >= 15 is 0 Å². The van der Waals surface area contributed by atoms with E-state index in [4.69, 9.17) is 10.5 Å². The lowest BCUT2D eigenvalue weighted by Crippen LogP contribution is -2.32. The summed E-state index contributed by atoms with van der Waals surface area (Å²) in [5.74, 6) is 0.555. The number of ketones is 1. The van der Waals surface area contributed by atoms with Crippen molar-refractivity contribution in [3.05, 3.63) is 59.7 Å². The maximum Gasteiger partial charge on any atom is 0.176 e. The van der Waals surface area contributed by atoms with Gasteiger partial charge in [0.15, 0.2) is 5.78 Å². The third-order valence-electron chi connectivity index (χ3n) is 3.66. The largest absolute Gasteiger partial charge is 0.492 e. The minimum absolute atomic E-state index is 0.00549. The first-order valence-electron chi connectivity index (χ1n) is 8.06. The van der Waals surface area contributed by atoms with E-state index < -0.39 is 0 Å². The molecule has 2 aromatic rings. The summed E-state index contributed by atoms with van der Waals surface area (Å²) in [5.41, 5.74) is 8.04. The summed E-state index contributed by atoms with van der Waals surface area (Å²) in [7, 11) is 0. The highest BCUT2D eigenvalue weighted by Gasteiger charge is 2.14. The van der Waals surface area contributed by atoms with Crippen LogP contribution < -0.4 is 10.5 Å². The number of hydrogen-bond acceptors (Lipinski definition) is 5. The van der Waals surface area contributed by atoms with Crippen molar-refractivity contribution in [1.29, 1.82) is 0 Å². The third-order valence-corrected chi connectivity index (χ3v) is 3.66. The van der Waals surface area contributed by atoms with Gasteiger partial charge in [0.1, 0.15) is 5.75 Å². The van der Waals surface area contributed by atoms with Crippen LogP contribution in [0.5, 0.6) is 5.75 Å². The van der Waals surface area contributed by atoms with Crippen LogP contribution in [-0.2, 0) is 6.54 Å². The van der Waals surface area contributed by atoms with Crippen LogP contribution in [0.1, 0.15) is 22.8 Å². The van der Waals surface area contributed by atoms with Gasteiger partial charge in [0.2, 0.25) is 0 Å². The Balaban J connectivity index is 2.05. The molecule has 0 heterocycles. The number of hydrogen-bond donors (Lipinski definition) is 2. The number of benzene rings is 2. The summed E-state index contributed by atoms with van der Waals surface area (Å²) in [4.78, 5) is 14.4. The number of nitrogens with two attached hydrogens (primary N) is 1. The molecule has 0 amide bonds. The molecule has 0 bridgehead atoms. The smallest absolute Gasteiger partial charge is 0.176 e. The molecule has 0 aromatic heterocycles. The molecule has 0 saturated heterocycles. The van der Waals surface area contributed by atoms with Crippen molar-refractivity contribution in [2.75, 3.05) is 32.0 Å². The number of nitrogen functional groups attached to an aromatic ring is 1. The first-order chi connectivity index (χ1) is 11.6. The van der Waals surface area contributed by atoms with Gasteiger partial charge in [0, 0.05) is 18.7 Å². The number of rotatable bonds is 9. The highest BCUT2D eigenvalue weighted by Crippen LogP contribution is 2.23. The lowest BCUT2D eigenvalue weighted by Gasteiger charge is -2.20. The minimum atomic E-state index is -0.0332. The van der Waals surface area contributed by atoms with Crippen LogP contribution in [0.4, 0.5) is 5.69 Å². The number of aliphatic hydroxyl groups is 1. The Kier molecular flexibility index (Phi) is 6.78. The first-order valence-corrected chi connectivity index (χ1v) is 8.06. The summed E-state index contributed by atoms with van der Waals surface area (Å²) >= 11 is 0. The third kappa shape index (κ3) is 5.08. The molecule has 3 N–H and O–H groups in total. The fourth-order valence-corrected chi connectivity index (χ4v) is 2.50. The molecule has 0 saturated carbocycles. The Morgan fingerprint density at radius 1 is 1.21 bits per heavy atom. The normalized spacial score (nSPS) is 10.8. The SMILES string of the molecule is CCOc1ccc(C(=O)CN(CCO)Cc2ccccc2)cc1N. The number of ether oxygens (including phenoxy) is 1. The Labute approximate surface area is 142 Å². The van der Waals surface area contributed by atoms with Crippen LogP contribution in [0.3, 0.4) is 0 Å². The van der Waals surface area contributed by atoms with Gasteiger partial charge in [-0.2, -0.15) is 0 Å². The molecular formula is C19H24N2O3.